The molecular weight excluding hydrogens is 236 g/mol. The minimum Gasteiger partial charge on any atom is -0.480 e. The first-order chi connectivity index (χ1) is 8.54. The summed E-state index contributed by atoms with van der Waals surface area (Å²) in [6.07, 6.45) is 2.89. The fourth-order valence-corrected chi connectivity index (χ4v) is 2.10. The Hall–Kier alpha value is -1.14. The summed E-state index contributed by atoms with van der Waals surface area (Å²) >= 11 is 0. The zero-order valence-corrected chi connectivity index (χ0v) is 10.8. The molecule has 1 rings (SSSR count). The van der Waals surface area contributed by atoms with Gasteiger partial charge in [0.25, 0.3) is 0 Å². The number of amides is 1. The summed E-state index contributed by atoms with van der Waals surface area (Å²) in [6.45, 7) is 2.92. The van der Waals surface area contributed by atoms with Crippen molar-refractivity contribution in [3.63, 3.8) is 0 Å². The van der Waals surface area contributed by atoms with E-state index in [0.717, 1.165) is 6.42 Å². The van der Waals surface area contributed by atoms with Gasteiger partial charge in [0.1, 0.15) is 6.61 Å². The maximum Gasteiger partial charge on any atom is 0.329 e. The molecule has 1 atom stereocenters. The molecule has 0 saturated carbocycles. The number of likely N-dealkylation sites (tertiary alicyclic amines) is 1. The van der Waals surface area contributed by atoms with Gasteiger partial charge in [-0.1, -0.05) is 13.3 Å². The van der Waals surface area contributed by atoms with E-state index in [4.69, 9.17) is 15.6 Å². The molecule has 1 amide bonds. The third-order valence-electron chi connectivity index (χ3n) is 3.11. The van der Waals surface area contributed by atoms with E-state index in [1.807, 2.05) is 6.92 Å². The van der Waals surface area contributed by atoms with Crippen molar-refractivity contribution >= 4 is 11.9 Å². The number of aliphatic carboxylic acids is 1. The van der Waals surface area contributed by atoms with Crippen LogP contribution in [0.4, 0.5) is 0 Å². The number of rotatable bonds is 6. The van der Waals surface area contributed by atoms with Crippen molar-refractivity contribution in [2.45, 2.75) is 44.8 Å². The van der Waals surface area contributed by atoms with Crippen LogP contribution in [0.3, 0.4) is 0 Å². The summed E-state index contributed by atoms with van der Waals surface area (Å²) in [5.74, 6) is -0.966. The summed E-state index contributed by atoms with van der Waals surface area (Å²) in [4.78, 5) is 24.0. The lowest BCUT2D eigenvalue weighted by Gasteiger charge is -2.33. The minimum atomic E-state index is -0.960. The maximum atomic E-state index is 11.9. The van der Waals surface area contributed by atoms with Gasteiger partial charge < -0.3 is 20.5 Å². The molecule has 3 N–H and O–H groups in total. The number of nitrogens with two attached hydrogens (primary N) is 1. The van der Waals surface area contributed by atoms with Crippen molar-refractivity contribution in [2.75, 3.05) is 19.7 Å². The van der Waals surface area contributed by atoms with E-state index in [-0.39, 0.29) is 18.6 Å². The Morgan fingerprint density at radius 3 is 2.56 bits per heavy atom. The van der Waals surface area contributed by atoms with Crippen LogP contribution in [-0.2, 0) is 14.3 Å². The van der Waals surface area contributed by atoms with Crippen molar-refractivity contribution in [1.82, 2.24) is 4.90 Å². The molecule has 1 fully saturated rings. The summed E-state index contributed by atoms with van der Waals surface area (Å²) in [5, 5.41) is 8.51. The number of carboxylic acid groups (broad SMARTS) is 1. The fraction of sp³-hybridized carbons (Fsp3) is 0.833. The quantitative estimate of drug-likeness (QED) is 0.710. The van der Waals surface area contributed by atoms with Crippen LogP contribution in [0, 0.1) is 0 Å². The molecule has 0 bridgehead atoms. The summed E-state index contributed by atoms with van der Waals surface area (Å²) in [6, 6.07) is -0.411. The van der Waals surface area contributed by atoms with Crippen LogP contribution in [0.1, 0.15) is 32.6 Å². The molecule has 1 unspecified atom stereocenters. The molecule has 1 heterocycles. The van der Waals surface area contributed by atoms with Crippen molar-refractivity contribution in [1.29, 1.82) is 0 Å². The molecule has 104 valence electrons. The highest BCUT2D eigenvalue weighted by Gasteiger charge is 2.26. The van der Waals surface area contributed by atoms with Gasteiger partial charge in [-0.15, -0.1) is 0 Å². The topological polar surface area (TPSA) is 92.9 Å². The lowest BCUT2D eigenvalue weighted by molar-refractivity contribution is -0.147. The van der Waals surface area contributed by atoms with Gasteiger partial charge >= 0.3 is 5.97 Å². The number of piperidine rings is 1. The van der Waals surface area contributed by atoms with Crippen LogP contribution in [0.5, 0.6) is 0 Å². The second kappa shape index (κ2) is 7.33. The molecular formula is C12H22N2O4. The first kappa shape index (κ1) is 14.9. The minimum absolute atomic E-state index is 0.00599. The molecule has 0 aromatic rings. The first-order valence-corrected chi connectivity index (χ1v) is 6.42. The largest absolute Gasteiger partial charge is 0.480 e. The Labute approximate surface area is 107 Å². The van der Waals surface area contributed by atoms with Crippen LogP contribution in [0.15, 0.2) is 0 Å². The molecule has 1 aliphatic heterocycles. The lowest BCUT2D eigenvalue weighted by Crippen LogP contribution is -2.48. The van der Waals surface area contributed by atoms with Gasteiger partial charge in [-0.3, -0.25) is 4.79 Å². The lowest BCUT2D eigenvalue weighted by atomic mass is 10.1. The van der Waals surface area contributed by atoms with E-state index < -0.39 is 12.0 Å². The fourth-order valence-electron chi connectivity index (χ4n) is 2.10. The SMILES string of the molecule is CCCC(N)C(=O)N1CCC(OCC(=O)O)CC1. The van der Waals surface area contributed by atoms with Gasteiger partial charge in [-0.2, -0.15) is 0 Å². The van der Waals surface area contributed by atoms with Gasteiger partial charge in [-0.05, 0) is 19.3 Å². The summed E-state index contributed by atoms with van der Waals surface area (Å²) in [7, 11) is 0. The van der Waals surface area contributed by atoms with E-state index in [2.05, 4.69) is 0 Å². The van der Waals surface area contributed by atoms with E-state index in [0.29, 0.717) is 32.4 Å². The highest BCUT2D eigenvalue weighted by molar-refractivity contribution is 5.81. The average molecular weight is 258 g/mol. The van der Waals surface area contributed by atoms with Gasteiger partial charge in [0.05, 0.1) is 12.1 Å². The van der Waals surface area contributed by atoms with Gasteiger partial charge in [-0.25, -0.2) is 4.79 Å². The second-order valence-corrected chi connectivity index (χ2v) is 4.62. The van der Waals surface area contributed by atoms with Crippen molar-refractivity contribution < 1.29 is 19.4 Å². The molecule has 0 radical (unpaired) electrons. The molecule has 0 aromatic carbocycles. The number of carboxylic acids is 1. The molecule has 1 saturated heterocycles. The number of hydrogen-bond acceptors (Lipinski definition) is 4. The van der Waals surface area contributed by atoms with Gasteiger partial charge in [0.15, 0.2) is 0 Å². The number of nitrogens with zero attached hydrogens (tertiary/aromatic N) is 1. The Morgan fingerprint density at radius 2 is 2.06 bits per heavy atom. The Morgan fingerprint density at radius 1 is 1.44 bits per heavy atom. The molecule has 0 aliphatic carbocycles. The van der Waals surface area contributed by atoms with Crippen LogP contribution < -0.4 is 5.73 Å². The third-order valence-corrected chi connectivity index (χ3v) is 3.11. The molecule has 6 heteroatoms. The first-order valence-electron chi connectivity index (χ1n) is 6.42. The predicted octanol–water partition coefficient (Wildman–Crippen LogP) is 0.206. The van der Waals surface area contributed by atoms with Crippen LogP contribution in [0.25, 0.3) is 0 Å². The number of carbonyl (C=O) groups excluding carboxylic acids is 1. The van der Waals surface area contributed by atoms with Crippen molar-refractivity contribution in [3.8, 4) is 0 Å². The van der Waals surface area contributed by atoms with E-state index in [9.17, 15) is 9.59 Å². The normalized spacial score (nSPS) is 18.7. The van der Waals surface area contributed by atoms with Gasteiger partial charge in [0.2, 0.25) is 5.91 Å². The molecule has 18 heavy (non-hydrogen) atoms. The van der Waals surface area contributed by atoms with E-state index in [1.54, 1.807) is 4.90 Å². The Balaban J connectivity index is 2.30. The molecule has 0 spiro atoms. The number of ether oxygens (including phenoxy) is 1. The zero-order valence-electron chi connectivity index (χ0n) is 10.8. The zero-order chi connectivity index (χ0) is 13.5. The van der Waals surface area contributed by atoms with Crippen LogP contribution in [0.2, 0.25) is 0 Å². The Bertz CT molecular complexity index is 288. The van der Waals surface area contributed by atoms with Crippen molar-refractivity contribution in [2.24, 2.45) is 5.73 Å². The highest BCUT2D eigenvalue weighted by atomic mass is 16.5. The van der Waals surface area contributed by atoms with E-state index in [1.165, 1.54) is 0 Å². The van der Waals surface area contributed by atoms with Crippen LogP contribution in [-0.4, -0.2) is 53.7 Å². The Kier molecular flexibility index (Phi) is 6.07. The predicted molar refractivity (Wildman–Crippen MR) is 66.1 cm³/mol. The van der Waals surface area contributed by atoms with Crippen LogP contribution >= 0.6 is 0 Å². The van der Waals surface area contributed by atoms with E-state index >= 15 is 0 Å². The third kappa shape index (κ3) is 4.62. The highest BCUT2D eigenvalue weighted by Crippen LogP contribution is 2.15. The number of carbonyl (C=O) groups is 2. The maximum absolute atomic E-state index is 11.9. The summed E-state index contributed by atoms with van der Waals surface area (Å²) in [5.41, 5.74) is 5.79. The second-order valence-electron chi connectivity index (χ2n) is 4.62. The smallest absolute Gasteiger partial charge is 0.329 e. The standard InChI is InChI=1S/C12H22N2O4/c1-2-3-10(13)12(17)14-6-4-9(5-7-14)18-8-11(15)16/h9-10H,2-8,13H2,1H3,(H,15,16). The molecule has 6 nitrogen and oxygen atoms in total. The monoisotopic (exact) mass is 258 g/mol. The van der Waals surface area contributed by atoms with Crippen molar-refractivity contribution in [3.05, 3.63) is 0 Å². The van der Waals surface area contributed by atoms with Gasteiger partial charge in [0, 0.05) is 13.1 Å². The molecule has 0 aromatic heterocycles. The number of hydrogen-bond donors (Lipinski definition) is 2. The average Bonchev–Trinajstić information content (AvgIpc) is 2.36. The summed E-state index contributed by atoms with van der Waals surface area (Å²) < 4.78 is 5.21. The molecule has 1 aliphatic rings.